The van der Waals surface area contributed by atoms with Crippen LogP contribution in [0.5, 0.6) is 0 Å². The number of rotatable bonds is 1. The fourth-order valence-corrected chi connectivity index (χ4v) is 2.10. The van der Waals surface area contributed by atoms with Crippen molar-refractivity contribution < 1.29 is 9.90 Å². The summed E-state index contributed by atoms with van der Waals surface area (Å²) in [6, 6.07) is 0. The van der Waals surface area contributed by atoms with E-state index in [9.17, 15) is 4.79 Å². The fourth-order valence-electron chi connectivity index (χ4n) is 1.94. The molecule has 0 saturated heterocycles. The van der Waals surface area contributed by atoms with Crippen molar-refractivity contribution in [3.05, 3.63) is 29.1 Å². The van der Waals surface area contributed by atoms with Gasteiger partial charge < -0.3 is 15.4 Å². The van der Waals surface area contributed by atoms with Gasteiger partial charge in [0.05, 0.1) is 5.56 Å². The SMILES string of the molecule is NNC(=S)N1CCc2c(cncc2C(=O)O)C1. The molecule has 1 aliphatic heterocycles. The first-order valence-corrected chi connectivity index (χ1v) is 5.49. The average Bonchev–Trinajstić information content (AvgIpc) is 2.36. The second kappa shape index (κ2) is 4.64. The number of carboxylic acids is 1. The molecule has 1 aromatic heterocycles. The molecule has 0 fully saturated rings. The molecule has 6 nitrogen and oxygen atoms in total. The number of nitrogens with two attached hydrogens (primary N) is 1. The summed E-state index contributed by atoms with van der Waals surface area (Å²) >= 11 is 5.04. The van der Waals surface area contributed by atoms with Crippen LogP contribution < -0.4 is 11.3 Å². The van der Waals surface area contributed by atoms with Gasteiger partial charge in [0.15, 0.2) is 5.11 Å². The summed E-state index contributed by atoms with van der Waals surface area (Å²) in [7, 11) is 0. The molecule has 0 aliphatic carbocycles. The van der Waals surface area contributed by atoms with Crippen molar-refractivity contribution in [2.75, 3.05) is 6.54 Å². The number of aromatic nitrogens is 1. The first-order valence-electron chi connectivity index (χ1n) is 5.08. The predicted octanol–water partition coefficient (Wildman–Crippen LogP) is -0.114. The van der Waals surface area contributed by atoms with Gasteiger partial charge in [0.2, 0.25) is 0 Å². The quantitative estimate of drug-likeness (QED) is 0.365. The van der Waals surface area contributed by atoms with Crippen LogP contribution in [-0.2, 0) is 13.0 Å². The first-order chi connectivity index (χ1) is 8.13. The number of aromatic carboxylic acids is 1. The van der Waals surface area contributed by atoms with Crippen molar-refractivity contribution in [1.82, 2.24) is 15.3 Å². The van der Waals surface area contributed by atoms with Gasteiger partial charge in [0, 0.05) is 25.5 Å². The van der Waals surface area contributed by atoms with Crippen LogP contribution in [0.15, 0.2) is 12.4 Å². The summed E-state index contributed by atoms with van der Waals surface area (Å²) in [6.45, 7) is 1.19. The minimum absolute atomic E-state index is 0.272. The summed E-state index contributed by atoms with van der Waals surface area (Å²) < 4.78 is 0. The van der Waals surface area contributed by atoms with Crippen molar-refractivity contribution in [3.8, 4) is 0 Å². The predicted molar refractivity (Wildman–Crippen MR) is 65.2 cm³/mol. The molecule has 0 saturated carbocycles. The largest absolute Gasteiger partial charge is 0.478 e. The zero-order valence-corrected chi connectivity index (χ0v) is 9.83. The number of hydrazine groups is 1. The molecule has 1 aliphatic rings. The average molecular weight is 252 g/mol. The smallest absolute Gasteiger partial charge is 0.337 e. The molecule has 90 valence electrons. The zero-order chi connectivity index (χ0) is 12.4. The number of fused-ring (bicyclic) bond motifs is 1. The molecule has 0 aromatic carbocycles. The van der Waals surface area contributed by atoms with E-state index in [0.29, 0.717) is 24.6 Å². The van der Waals surface area contributed by atoms with Gasteiger partial charge >= 0.3 is 5.97 Å². The minimum atomic E-state index is -0.942. The van der Waals surface area contributed by atoms with Crippen molar-refractivity contribution in [2.45, 2.75) is 13.0 Å². The molecule has 4 N–H and O–H groups in total. The summed E-state index contributed by atoms with van der Waals surface area (Å²) in [5.41, 5.74) is 4.42. The van der Waals surface area contributed by atoms with E-state index in [4.69, 9.17) is 23.2 Å². The Morgan fingerprint density at radius 1 is 1.59 bits per heavy atom. The maximum Gasteiger partial charge on any atom is 0.337 e. The summed E-state index contributed by atoms with van der Waals surface area (Å²) in [4.78, 5) is 16.8. The number of hydrogen-bond donors (Lipinski definition) is 3. The standard InChI is InChI=1S/C10H12N4O2S/c11-13-10(17)14-2-1-7-6(5-14)3-12-4-8(7)9(15)16/h3-4H,1-2,5,11H2,(H,13,17)(H,15,16). The van der Waals surface area contributed by atoms with Gasteiger partial charge in [-0.2, -0.15) is 0 Å². The van der Waals surface area contributed by atoms with E-state index in [1.807, 2.05) is 4.90 Å². The van der Waals surface area contributed by atoms with Crippen molar-refractivity contribution in [3.63, 3.8) is 0 Å². The highest BCUT2D eigenvalue weighted by Crippen LogP contribution is 2.21. The number of nitrogens with one attached hydrogen (secondary N) is 1. The summed E-state index contributed by atoms with van der Waals surface area (Å²) in [5.74, 6) is 4.32. The van der Waals surface area contributed by atoms with Gasteiger partial charge in [-0.15, -0.1) is 0 Å². The van der Waals surface area contributed by atoms with Crippen LogP contribution in [0.1, 0.15) is 21.5 Å². The molecule has 0 radical (unpaired) electrons. The second-order valence-electron chi connectivity index (χ2n) is 3.75. The number of thiocarbonyl (C=S) groups is 1. The Morgan fingerprint density at radius 3 is 3.00 bits per heavy atom. The fraction of sp³-hybridized carbons (Fsp3) is 0.300. The first kappa shape index (κ1) is 11.7. The molecule has 2 heterocycles. The lowest BCUT2D eigenvalue weighted by Gasteiger charge is -2.30. The van der Waals surface area contributed by atoms with Crippen LogP contribution in [0.2, 0.25) is 0 Å². The van der Waals surface area contributed by atoms with Gasteiger partial charge in [-0.1, -0.05) is 0 Å². The van der Waals surface area contributed by atoms with Crippen LogP contribution in [0.25, 0.3) is 0 Å². The molecule has 17 heavy (non-hydrogen) atoms. The molecular formula is C10H12N4O2S. The monoisotopic (exact) mass is 252 g/mol. The molecule has 0 atom stereocenters. The van der Waals surface area contributed by atoms with Crippen LogP contribution in [0.3, 0.4) is 0 Å². The van der Waals surface area contributed by atoms with E-state index in [0.717, 1.165) is 11.1 Å². The van der Waals surface area contributed by atoms with Crippen molar-refractivity contribution >= 4 is 23.3 Å². The molecular weight excluding hydrogens is 240 g/mol. The zero-order valence-electron chi connectivity index (χ0n) is 9.01. The number of carboxylic acid groups (broad SMARTS) is 1. The third-order valence-electron chi connectivity index (χ3n) is 2.78. The van der Waals surface area contributed by atoms with Crippen molar-refractivity contribution in [2.24, 2.45) is 5.84 Å². The molecule has 0 amide bonds. The van der Waals surface area contributed by atoms with Gasteiger partial charge in [-0.25, -0.2) is 10.6 Å². The molecule has 2 rings (SSSR count). The Labute approximate surface area is 103 Å². The Balaban J connectivity index is 2.31. The Hall–Kier alpha value is -1.73. The van der Waals surface area contributed by atoms with E-state index in [-0.39, 0.29) is 5.56 Å². The normalized spacial score (nSPS) is 14.1. The maximum absolute atomic E-state index is 11.0. The number of pyridine rings is 1. The second-order valence-corrected chi connectivity index (χ2v) is 4.14. The number of nitrogens with zero attached hydrogens (tertiary/aromatic N) is 2. The molecule has 0 unspecified atom stereocenters. The van der Waals surface area contributed by atoms with Gasteiger partial charge in [-0.05, 0) is 29.8 Å². The molecule has 7 heteroatoms. The molecule has 0 spiro atoms. The van der Waals surface area contributed by atoms with E-state index in [1.54, 1.807) is 6.20 Å². The van der Waals surface area contributed by atoms with E-state index in [2.05, 4.69) is 10.4 Å². The summed E-state index contributed by atoms with van der Waals surface area (Å²) in [6.07, 6.45) is 3.69. The minimum Gasteiger partial charge on any atom is -0.478 e. The highest BCUT2D eigenvalue weighted by molar-refractivity contribution is 7.80. The maximum atomic E-state index is 11.0. The third kappa shape index (κ3) is 2.20. The number of carbonyl (C=O) groups is 1. The Morgan fingerprint density at radius 2 is 2.35 bits per heavy atom. The number of hydrogen-bond acceptors (Lipinski definition) is 4. The molecule has 0 bridgehead atoms. The van der Waals surface area contributed by atoms with E-state index in [1.165, 1.54) is 6.20 Å². The Bertz CT molecular complexity index is 477. The lowest BCUT2D eigenvalue weighted by Crippen LogP contribution is -2.45. The van der Waals surface area contributed by atoms with Crippen LogP contribution in [0.4, 0.5) is 0 Å². The van der Waals surface area contributed by atoms with E-state index >= 15 is 0 Å². The van der Waals surface area contributed by atoms with Crippen LogP contribution >= 0.6 is 12.2 Å². The highest BCUT2D eigenvalue weighted by atomic mass is 32.1. The lowest BCUT2D eigenvalue weighted by atomic mass is 9.97. The van der Waals surface area contributed by atoms with Gasteiger partial charge in [-0.3, -0.25) is 4.98 Å². The van der Waals surface area contributed by atoms with Gasteiger partial charge in [0.25, 0.3) is 0 Å². The van der Waals surface area contributed by atoms with Crippen LogP contribution in [-0.4, -0.2) is 32.6 Å². The highest BCUT2D eigenvalue weighted by Gasteiger charge is 2.22. The summed E-state index contributed by atoms with van der Waals surface area (Å²) in [5, 5.41) is 9.51. The molecule has 1 aromatic rings. The Kier molecular flexibility index (Phi) is 3.21. The topological polar surface area (TPSA) is 91.5 Å². The third-order valence-corrected chi connectivity index (χ3v) is 3.16. The lowest BCUT2D eigenvalue weighted by molar-refractivity contribution is 0.0694. The van der Waals surface area contributed by atoms with Crippen molar-refractivity contribution in [1.29, 1.82) is 0 Å². The van der Waals surface area contributed by atoms with Crippen LogP contribution in [0, 0.1) is 0 Å². The van der Waals surface area contributed by atoms with Gasteiger partial charge in [0.1, 0.15) is 0 Å². The van der Waals surface area contributed by atoms with E-state index < -0.39 is 5.97 Å².